The van der Waals surface area contributed by atoms with Crippen LogP contribution in [0.2, 0.25) is 0 Å². The molecule has 2 heterocycles. The Bertz CT molecular complexity index is 620. The third kappa shape index (κ3) is 2.96. The summed E-state index contributed by atoms with van der Waals surface area (Å²) in [6.45, 7) is 0. The van der Waals surface area contributed by atoms with Gasteiger partial charge in [-0.15, -0.1) is 11.3 Å². The number of alkyl halides is 3. The number of nitrogens with zero attached hydrogens (tertiary/aromatic N) is 1. The van der Waals surface area contributed by atoms with Crippen molar-refractivity contribution < 1.29 is 23.4 Å². The average Bonchev–Trinajstić information content (AvgIpc) is 2.96. The van der Waals surface area contributed by atoms with Crippen LogP contribution >= 0.6 is 22.7 Å². The van der Waals surface area contributed by atoms with E-state index in [9.17, 15) is 13.2 Å². The smallest absolute Gasteiger partial charge is 0.353 e. The van der Waals surface area contributed by atoms with Crippen LogP contribution in [0, 0.1) is 11.8 Å². The van der Waals surface area contributed by atoms with Gasteiger partial charge >= 0.3 is 12.0 Å². The van der Waals surface area contributed by atoms with E-state index >= 15 is 0 Å². The lowest BCUT2D eigenvalue weighted by Crippen LogP contribution is -2.41. The van der Waals surface area contributed by atoms with Gasteiger partial charge in [-0.3, -0.25) is 0 Å². The fraction of sp³-hybridized carbons (Fsp3) is 0.182. The first kappa shape index (κ1) is 14.0. The Balaban J connectivity index is 2.25. The second kappa shape index (κ2) is 4.94. The largest absolute Gasteiger partial charge is 0.450 e. The number of hydrogen-bond donors (Lipinski definition) is 2. The maximum Gasteiger partial charge on any atom is 0.450 e. The molecule has 100 valence electrons. The zero-order valence-electron chi connectivity index (χ0n) is 9.10. The van der Waals surface area contributed by atoms with Crippen LogP contribution in [-0.2, 0) is 5.79 Å². The molecule has 0 aliphatic rings. The minimum atomic E-state index is -5.21. The van der Waals surface area contributed by atoms with E-state index in [4.69, 9.17) is 10.2 Å². The second-order valence-electron chi connectivity index (χ2n) is 3.46. The lowest BCUT2D eigenvalue weighted by molar-refractivity contribution is -0.358. The molecule has 0 saturated carbocycles. The van der Waals surface area contributed by atoms with Crippen LogP contribution < -0.4 is 0 Å². The lowest BCUT2D eigenvalue weighted by Gasteiger charge is -2.21. The van der Waals surface area contributed by atoms with Crippen molar-refractivity contribution >= 4 is 22.7 Å². The second-order valence-corrected chi connectivity index (χ2v) is 5.27. The van der Waals surface area contributed by atoms with Gasteiger partial charge in [0, 0.05) is 10.9 Å². The van der Waals surface area contributed by atoms with E-state index in [1.807, 2.05) is 5.38 Å². The molecule has 0 aliphatic heterocycles. The zero-order valence-corrected chi connectivity index (χ0v) is 10.7. The molecule has 0 bridgehead atoms. The minimum Gasteiger partial charge on any atom is -0.353 e. The van der Waals surface area contributed by atoms with Crippen LogP contribution in [0.25, 0.3) is 0 Å². The summed E-state index contributed by atoms with van der Waals surface area (Å²) in [7, 11) is 0. The molecule has 0 aromatic carbocycles. The Morgan fingerprint density at radius 2 is 1.95 bits per heavy atom. The highest BCUT2D eigenvalue weighted by atomic mass is 32.1. The normalized spacial score (nSPS) is 12.1. The van der Waals surface area contributed by atoms with Crippen molar-refractivity contribution in [1.29, 1.82) is 0 Å². The molecule has 2 rings (SSSR count). The van der Waals surface area contributed by atoms with Crippen LogP contribution in [0.1, 0.15) is 15.4 Å². The van der Waals surface area contributed by atoms with Crippen LogP contribution in [0.3, 0.4) is 0 Å². The van der Waals surface area contributed by atoms with Crippen LogP contribution in [0.4, 0.5) is 13.2 Å². The highest BCUT2D eigenvalue weighted by Gasteiger charge is 2.56. The predicted molar refractivity (Wildman–Crippen MR) is 64.6 cm³/mol. The Kier molecular flexibility index (Phi) is 3.64. The molecule has 0 radical (unpaired) electrons. The molecule has 0 spiro atoms. The fourth-order valence-corrected chi connectivity index (χ4v) is 2.45. The zero-order chi connectivity index (χ0) is 14.1. The van der Waals surface area contributed by atoms with Gasteiger partial charge < -0.3 is 10.2 Å². The molecule has 0 atom stereocenters. The molecule has 8 heteroatoms. The van der Waals surface area contributed by atoms with Gasteiger partial charge in [0.25, 0.3) is 0 Å². The molecule has 0 fully saturated rings. The average molecular weight is 305 g/mol. The summed E-state index contributed by atoms with van der Waals surface area (Å²) in [5.41, 5.74) is 0.732. The number of thiophene rings is 1. The Labute approximate surface area is 114 Å². The van der Waals surface area contributed by atoms with Crippen LogP contribution in [0.15, 0.2) is 23.0 Å². The van der Waals surface area contributed by atoms with Crippen molar-refractivity contribution in [2.45, 2.75) is 12.0 Å². The Hall–Kier alpha value is -1.40. The highest BCUT2D eigenvalue weighted by molar-refractivity contribution is 7.12. The molecule has 0 amide bonds. The van der Waals surface area contributed by atoms with Gasteiger partial charge in [-0.25, -0.2) is 4.98 Å². The molecular weight excluding hydrogens is 299 g/mol. The lowest BCUT2D eigenvalue weighted by atomic mass is 10.3. The summed E-state index contributed by atoms with van der Waals surface area (Å²) < 4.78 is 37.1. The third-order valence-corrected chi connectivity index (χ3v) is 3.74. The van der Waals surface area contributed by atoms with Gasteiger partial charge in [-0.1, -0.05) is 5.92 Å². The maximum absolute atomic E-state index is 12.4. The predicted octanol–water partition coefficient (Wildman–Crippen LogP) is 2.30. The van der Waals surface area contributed by atoms with E-state index in [2.05, 4.69) is 16.8 Å². The number of rotatable bonds is 1. The SMILES string of the molecule is OC(O)(c1ncc(C#Cc2ccsc2)s1)C(F)(F)F. The number of aromatic nitrogens is 1. The van der Waals surface area contributed by atoms with Crippen molar-refractivity contribution in [2.75, 3.05) is 0 Å². The molecule has 2 aromatic rings. The summed E-state index contributed by atoms with van der Waals surface area (Å²) in [4.78, 5) is 3.57. The van der Waals surface area contributed by atoms with Crippen molar-refractivity contribution in [1.82, 2.24) is 4.98 Å². The third-order valence-electron chi connectivity index (χ3n) is 2.05. The first-order chi connectivity index (χ1) is 8.80. The standard InChI is InChI=1S/C11H6F3NO2S2/c12-11(13,14)10(16,17)9-15-5-8(19-9)2-1-7-3-4-18-6-7/h3-6,16-17H. The first-order valence-corrected chi connectivity index (χ1v) is 6.58. The fourth-order valence-electron chi connectivity index (χ4n) is 1.08. The van der Waals surface area contributed by atoms with E-state index in [-0.39, 0.29) is 4.88 Å². The van der Waals surface area contributed by atoms with Gasteiger partial charge in [0.1, 0.15) is 0 Å². The van der Waals surface area contributed by atoms with Gasteiger partial charge in [0.2, 0.25) is 0 Å². The van der Waals surface area contributed by atoms with Crippen molar-refractivity contribution in [3.8, 4) is 11.8 Å². The Morgan fingerprint density at radius 3 is 2.53 bits per heavy atom. The topological polar surface area (TPSA) is 53.4 Å². The number of aliphatic hydroxyl groups is 2. The summed E-state index contributed by atoms with van der Waals surface area (Å²) in [5.74, 6) is 1.40. The molecule has 2 aromatic heterocycles. The molecule has 0 unspecified atom stereocenters. The summed E-state index contributed by atoms with van der Waals surface area (Å²) >= 11 is 1.93. The quantitative estimate of drug-likeness (QED) is 0.628. The van der Waals surface area contributed by atoms with Crippen molar-refractivity contribution in [2.24, 2.45) is 0 Å². The molecule has 19 heavy (non-hydrogen) atoms. The monoisotopic (exact) mass is 305 g/mol. The maximum atomic E-state index is 12.4. The highest BCUT2D eigenvalue weighted by Crippen LogP contribution is 2.38. The number of thiazole rings is 1. The molecule has 2 N–H and O–H groups in total. The van der Waals surface area contributed by atoms with Gasteiger partial charge in [-0.05, 0) is 17.4 Å². The summed E-state index contributed by atoms with van der Waals surface area (Å²) in [6.07, 6.45) is -4.13. The van der Waals surface area contributed by atoms with E-state index in [0.29, 0.717) is 11.3 Å². The number of halogens is 3. The first-order valence-electron chi connectivity index (χ1n) is 4.82. The van der Waals surface area contributed by atoms with Crippen LogP contribution in [0.5, 0.6) is 0 Å². The molecule has 0 aliphatic carbocycles. The summed E-state index contributed by atoms with van der Waals surface area (Å²) in [5, 5.41) is 20.8. The van der Waals surface area contributed by atoms with Gasteiger partial charge in [0.05, 0.1) is 11.1 Å². The summed E-state index contributed by atoms with van der Waals surface area (Å²) in [6, 6.07) is 1.76. The van der Waals surface area contributed by atoms with E-state index in [0.717, 1.165) is 11.8 Å². The minimum absolute atomic E-state index is 0.220. The Morgan fingerprint density at radius 1 is 1.21 bits per heavy atom. The van der Waals surface area contributed by atoms with Crippen LogP contribution in [-0.4, -0.2) is 21.4 Å². The van der Waals surface area contributed by atoms with Gasteiger partial charge in [-0.2, -0.15) is 24.5 Å². The van der Waals surface area contributed by atoms with E-state index < -0.39 is 17.0 Å². The van der Waals surface area contributed by atoms with E-state index in [1.165, 1.54) is 11.3 Å². The molecule has 3 nitrogen and oxygen atoms in total. The molecule has 0 saturated heterocycles. The van der Waals surface area contributed by atoms with Crippen molar-refractivity contribution in [3.63, 3.8) is 0 Å². The van der Waals surface area contributed by atoms with E-state index in [1.54, 1.807) is 11.4 Å². The van der Waals surface area contributed by atoms with Crippen molar-refractivity contribution in [3.05, 3.63) is 38.5 Å². The number of hydrogen-bond acceptors (Lipinski definition) is 5. The van der Waals surface area contributed by atoms with Gasteiger partial charge in [0.15, 0.2) is 5.01 Å². The molecular formula is C11H6F3NO2S2.